The number of unbranched alkanes of at least 4 members (excludes halogenated alkanes) is 1. The van der Waals surface area contributed by atoms with E-state index in [1.54, 1.807) is 0 Å². The van der Waals surface area contributed by atoms with E-state index < -0.39 is 8.75 Å². The van der Waals surface area contributed by atoms with Gasteiger partial charge in [-0.2, -0.15) is 0 Å². The van der Waals surface area contributed by atoms with Crippen molar-refractivity contribution in [1.29, 1.82) is 0 Å². The van der Waals surface area contributed by atoms with E-state index >= 15 is 0 Å². The molecule has 1 heteroatoms. The predicted molar refractivity (Wildman–Crippen MR) is 52.3 cm³/mol. The normalized spacial score (nSPS) is 16.7. The molecule has 0 radical (unpaired) electrons. The first-order chi connectivity index (χ1) is 3.81. The number of hydrogen-bond acceptors (Lipinski definition) is 0. The highest BCUT2D eigenvalue weighted by atomic mass is 32.3. The van der Waals surface area contributed by atoms with Gasteiger partial charge in [0.15, 0.2) is 0 Å². The van der Waals surface area contributed by atoms with Crippen LogP contribution in [0.5, 0.6) is 0 Å². The van der Waals surface area contributed by atoms with Gasteiger partial charge in [-0.05, 0) is 30.9 Å². The fraction of sp³-hybridized carbons (Fsp3) is 0.875. The van der Waals surface area contributed by atoms with Gasteiger partial charge in [-0.25, -0.2) is 0 Å². The molecule has 58 valence electrons. The minimum atomic E-state index is -1.16. The van der Waals surface area contributed by atoms with Gasteiger partial charge in [0.1, 0.15) is 0 Å². The van der Waals surface area contributed by atoms with E-state index in [1.807, 2.05) is 0 Å². The van der Waals surface area contributed by atoms with Crippen molar-refractivity contribution < 1.29 is 0 Å². The molecule has 0 saturated carbocycles. The molecule has 0 bridgehead atoms. The molecular weight excluding hydrogens is 128 g/mol. The van der Waals surface area contributed by atoms with E-state index in [-0.39, 0.29) is 0 Å². The Morgan fingerprint density at radius 3 is 1.78 bits per heavy atom. The summed E-state index contributed by atoms with van der Waals surface area (Å²) < 4.78 is 0. The van der Waals surface area contributed by atoms with Gasteiger partial charge in [0.05, 0.1) is 0 Å². The topological polar surface area (TPSA) is 0 Å². The second-order valence-corrected chi connectivity index (χ2v) is 10.9. The van der Waals surface area contributed by atoms with Crippen LogP contribution in [0.15, 0.2) is 0 Å². The third-order valence-corrected chi connectivity index (χ3v) is 3.06. The lowest BCUT2D eigenvalue weighted by Gasteiger charge is -2.35. The van der Waals surface area contributed by atoms with Crippen molar-refractivity contribution in [3.05, 3.63) is 0 Å². The first kappa shape index (κ1) is 9.22. The minimum absolute atomic E-state index is 1.16. The molecule has 0 aliphatic carbocycles. The van der Waals surface area contributed by atoms with Crippen LogP contribution in [-0.4, -0.2) is 30.4 Å². The molecule has 0 amide bonds. The lowest BCUT2D eigenvalue weighted by molar-refractivity contribution is 0.892. The van der Waals surface area contributed by atoms with Gasteiger partial charge in [0, 0.05) is 0 Å². The van der Waals surface area contributed by atoms with Gasteiger partial charge < -0.3 is 0 Å². The van der Waals surface area contributed by atoms with Crippen molar-refractivity contribution in [3.8, 4) is 0 Å². The molecule has 0 aromatic heterocycles. The zero-order valence-electron chi connectivity index (χ0n) is 7.24. The number of rotatable bonds is 3. The minimum Gasteiger partial charge on any atom is -0.258 e. The lowest BCUT2D eigenvalue weighted by atomic mass is 10.4. The summed E-state index contributed by atoms with van der Waals surface area (Å²) in [4.78, 5) is 0. The van der Waals surface area contributed by atoms with E-state index in [1.165, 1.54) is 18.6 Å². The van der Waals surface area contributed by atoms with Crippen molar-refractivity contribution >= 4 is 14.6 Å². The fourth-order valence-electron chi connectivity index (χ4n) is 0.679. The van der Waals surface area contributed by atoms with E-state index in [9.17, 15) is 0 Å². The molecule has 0 unspecified atom stereocenters. The van der Waals surface area contributed by atoms with Gasteiger partial charge >= 0.3 is 0 Å². The molecule has 0 aromatic carbocycles. The van der Waals surface area contributed by atoms with Crippen molar-refractivity contribution in [2.75, 3.05) is 24.5 Å². The Bertz CT molecular complexity index is 128. The number of hydrogen-bond donors (Lipinski definition) is 0. The molecule has 0 atom stereocenters. The van der Waals surface area contributed by atoms with Gasteiger partial charge in [-0.15, -0.1) is 0 Å². The zero-order valence-corrected chi connectivity index (χ0v) is 8.05. The average Bonchev–Trinajstić information content (AvgIpc) is 1.57. The Hall–Kier alpha value is 0.220. The molecule has 0 fully saturated rings. The van der Waals surface area contributed by atoms with Crippen molar-refractivity contribution in [3.63, 3.8) is 0 Å². The Morgan fingerprint density at radius 2 is 1.67 bits per heavy atom. The molecule has 0 N–H and O–H groups in total. The zero-order chi connectivity index (χ0) is 7.57. The summed E-state index contributed by atoms with van der Waals surface area (Å²) in [6.07, 6.45) is 9.58. The van der Waals surface area contributed by atoms with Crippen LogP contribution in [-0.2, 0) is 0 Å². The second-order valence-electron chi connectivity index (χ2n) is 4.22. The lowest BCUT2D eigenvalue weighted by Crippen LogP contribution is -2.06. The molecule has 0 nitrogen and oxygen atoms in total. The summed E-state index contributed by atoms with van der Waals surface area (Å²) in [5.74, 6) is 5.58. The Balaban J connectivity index is 3.76. The quantitative estimate of drug-likeness (QED) is 0.539. The van der Waals surface area contributed by atoms with Crippen LogP contribution in [0.25, 0.3) is 0 Å². The summed E-state index contributed by atoms with van der Waals surface area (Å²) in [6.45, 7) is 2.23. The molecule has 0 aliphatic rings. The summed E-state index contributed by atoms with van der Waals surface area (Å²) in [5, 5.41) is 0. The van der Waals surface area contributed by atoms with Crippen LogP contribution in [0.3, 0.4) is 0 Å². The summed E-state index contributed by atoms with van der Waals surface area (Å²) in [7, 11) is -1.16. The predicted octanol–water partition coefficient (Wildman–Crippen LogP) is 2.45. The van der Waals surface area contributed by atoms with Crippen molar-refractivity contribution in [2.45, 2.75) is 19.8 Å². The molecule has 0 aliphatic heterocycles. The van der Waals surface area contributed by atoms with Crippen LogP contribution >= 0.6 is 8.75 Å². The Morgan fingerprint density at radius 1 is 1.22 bits per heavy atom. The van der Waals surface area contributed by atoms with Gasteiger partial charge in [0.25, 0.3) is 0 Å². The molecule has 0 rings (SSSR count). The van der Waals surface area contributed by atoms with Gasteiger partial charge in [-0.1, -0.05) is 19.2 Å². The van der Waals surface area contributed by atoms with Gasteiger partial charge in [0.2, 0.25) is 0 Å². The van der Waals surface area contributed by atoms with E-state index in [0.29, 0.717) is 0 Å². The van der Waals surface area contributed by atoms with Gasteiger partial charge in [-0.3, -0.25) is 8.75 Å². The van der Waals surface area contributed by atoms with Crippen molar-refractivity contribution in [2.24, 2.45) is 0 Å². The van der Waals surface area contributed by atoms with Crippen LogP contribution in [0, 0.1) is 0 Å². The van der Waals surface area contributed by atoms with Crippen LogP contribution in [0.1, 0.15) is 19.8 Å². The molecule has 0 heterocycles. The average molecular weight is 148 g/mol. The molecule has 9 heavy (non-hydrogen) atoms. The third kappa shape index (κ3) is 8.22. The smallest absolute Gasteiger partial charge is 0.0268 e. The first-order valence-electron chi connectivity index (χ1n) is 3.51. The molecule has 0 aromatic rings. The monoisotopic (exact) mass is 148 g/mol. The Kier molecular flexibility index (Phi) is 2.51. The van der Waals surface area contributed by atoms with E-state index in [4.69, 9.17) is 0 Å². The first-order valence-corrected chi connectivity index (χ1v) is 7.11. The third-order valence-electron chi connectivity index (χ3n) is 1.25. The highest BCUT2D eigenvalue weighted by Gasteiger charge is 2.08. The highest BCUT2D eigenvalue weighted by Crippen LogP contribution is 2.45. The largest absolute Gasteiger partial charge is 0.258 e. The molecule has 0 saturated heterocycles. The molecular formula is C8H20S. The summed E-state index contributed by atoms with van der Waals surface area (Å²) >= 11 is 0. The maximum atomic E-state index is 4.25. The van der Waals surface area contributed by atoms with E-state index in [0.717, 1.165) is 0 Å². The van der Waals surface area contributed by atoms with Crippen LogP contribution in [0.4, 0.5) is 0 Å². The fourth-order valence-corrected chi connectivity index (χ4v) is 2.04. The summed E-state index contributed by atoms with van der Waals surface area (Å²) in [5.41, 5.74) is 0. The van der Waals surface area contributed by atoms with Crippen LogP contribution < -0.4 is 0 Å². The SMILES string of the molecule is C=S(C)(C)(C)CCCC. The standard InChI is InChI=1S/C8H20S/c1-6-7-8-9(2,3,4)5/h2,6-8H2,1,3-5H3. The summed E-state index contributed by atoms with van der Waals surface area (Å²) in [6, 6.07) is 0. The molecule has 0 spiro atoms. The Labute approximate surface area is 59.5 Å². The second kappa shape index (κ2) is 2.45. The van der Waals surface area contributed by atoms with Crippen LogP contribution in [0.2, 0.25) is 0 Å². The van der Waals surface area contributed by atoms with E-state index in [2.05, 4.69) is 31.6 Å². The maximum Gasteiger partial charge on any atom is -0.0268 e. The highest BCUT2D eigenvalue weighted by molar-refractivity contribution is 8.45. The maximum absolute atomic E-state index is 4.25. The van der Waals surface area contributed by atoms with Crippen molar-refractivity contribution in [1.82, 2.24) is 0 Å².